The van der Waals surface area contributed by atoms with Crippen molar-refractivity contribution < 1.29 is 0 Å². The Morgan fingerprint density at radius 1 is 1.12 bits per heavy atom. The smallest absolute Gasteiger partial charge is 0.00914 e. The van der Waals surface area contributed by atoms with Crippen LogP contribution in [0.3, 0.4) is 0 Å². The minimum atomic E-state index is 0.267. The molecule has 1 aromatic carbocycles. The summed E-state index contributed by atoms with van der Waals surface area (Å²) in [4.78, 5) is 2.18. The van der Waals surface area contributed by atoms with Crippen LogP contribution in [-0.4, -0.2) is 31.6 Å². The molecule has 0 bridgehead atoms. The van der Waals surface area contributed by atoms with Gasteiger partial charge in [0, 0.05) is 6.04 Å². The molecule has 0 aromatic heterocycles. The van der Waals surface area contributed by atoms with Gasteiger partial charge in [0.1, 0.15) is 0 Å². The Bertz CT molecular complexity index is 311. The molecule has 2 N–H and O–H groups in total. The fourth-order valence-corrected chi connectivity index (χ4v) is 2.02. The molecule has 2 nitrogen and oxygen atoms in total. The van der Waals surface area contributed by atoms with Crippen LogP contribution in [0.4, 0.5) is 0 Å². The largest absolute Gasteiger partial charge is 0.327 e. The van der Waals surface area contributed by atoms with Crippen molar-refractivity contribution in [2.45, 2.75) is 32.7 Å². The van der Waals surface area contributed by atoms with E-state index in [1.807, 2.05) is 0 Å². The van der Waals surface area contributed by atoms with Gasteiger partial charge in [-0.2, -0.15) is 0 Å². The molecule has 0 saturated carbocycles. The van der Waals surface area contributed by atoms with E-state index in [-0.39, 0.29) is 6.04 Å². The SMILES string of the molecule is Cc1cc(C)cc(CC(N)CCN(C)C)c1. The van der Waals surface area contributed by atoms with Crippen molar-refractivity contribution in [1.29, 1.82) is 0 Å². The molecular weight excluding hydrogens is 196 g/mol. The highest BCUT2D eigenvalue weighted by Crippen LogP contribution is 2.11. The van der Waals surface area contributed by atoms with Crippen LogP contribution in [0.5, 0.6) is 0 Å². The molecule has 2 heteroatoms. The van der Waals surface area contributed by atoms with Crippen molar-refractivity contribution in [2.24, 2.45) is 5.73 Å². The first-order valence-corrected chi connectivity index (χ1v) is 5.95. The van der Waals surface area contributed by atoms with Crippen LogP contribution in [0.25, 0.3) is 0 Å². The van der Waals surface area contributed by atoms with Crippen molar-refractivity contribution >= 4 is 0 Å². The molecule has 0 saturated heterocycles. The lowest BCUT2D eigenvalue weighted by atomic mass is 10.00. The molecule has 0 radical (unpaired) electrons. The first-order valence-electron chi connectivity index (χ1n) is 5.95. The standard InChI is InChI=1S/C14H24N2/c1-11-7-12(2)9-13(8-11)10-14(15)5-6-16(3)4/h7-9,14H,5-6,10,15H2,1-4H3. The van der Waals surface area contributed by atoms with E-state index in [1.165, 1.54) is 16.7 Å². The maximum Gasteiger partial charge on any atom is 0.00914 e. The van der Waals surface area contributed by atoms with E-state index in [0.29, 0.717) is 0 Å². The minimum Gasteiger partial charge on any atom is -0.327 e. The number of rotatable bonds is 5. The van der Waals surface area contributed by atoms with Crippen LogP contribution in [0.2, 0.25) is 0 Å². The monoisotopic (exact) mass is 220 g/mol. The minimum absolute atomic E-state index is 0.267. The van der Waals surface area contributed by atoms with Gasteiger partial charge in [-0.25, -0.2) is 0 Å². The number of hydrogen-bond donors (Lipinski definition) is 1. The van der Waals surface area contributed by atoms with Crippen molar-refractivity contribution in [3.63, 3.8) is 0 Å². The van der Waals surface area contributed by atoms with Gasteiger partial charge in [0.15, 0.2) is 0 Å². The second-order valence-corrected chi connectivity index (χ2v) is 5.05. The zero-order valence-corrected chi connectivity index (χ0v) is 11.0. The summed E-state index contributed by atoms with van der Waals surface area (Å²) < 4.78 is 0. The van der Waals surface area contributed by atoms with Gasteiger partial charge in [0.05, 0.1) is 0 Å². The maximum atomic E-state index is 6.13. The second kappa shape index (κ2) is 6.02. The lowest BCUT2D eigenvalue weighted by Crippen LogP contribution is -2.28. The second-order valence-electron chi connectivity index (χ2n) is 5.05. The molecule has 0 amide bonds. The summed E-state index contributed by atoms with van der Waals surface area (Å²) in [7, 11) is 4.17. The molecule has 0 spiro atoms. The normalized spacial score (nSPS) is 13.1. The summed E-state index contributed by atoms with van der Waals surface area (Å²) in [5.41, 5.74) is 10.1. The molecule has 0 aliphatic rings. The van der Waals surface area contributed by atoms with E-state index < -0.39 is 0 Å². The highest BCUT2D eigenvalue weighted by atomic mass is 15.0. The van der Waals surface area contributed by atoms with Gasteiger partial charge >= 0.3 is 0 Å². The third-order valence-corrected chi connectivity index (χ3v) is 2.73. The number of nitrogens with zero attached hydrogens (tertiary/aromatic N) is 1. The Morgan fingerprint density at radius 2 is 1.69 bits per heavy atom. The van der Waals surface area contributed by atoms with E-state index in [9.17, 15) is 0 Å². The van der Waals surface area contributed by atoms with Gasteiger partial charge in [0.2, 0.25) is 0 Å². The van der Waals surface area contributed by atoms with Gasteiger partial charge in [0.25, 0.3) is 0 Å². The molecule has 0 aliphatic heterocycles. The van der Waals surface area contributed by atoms with Crippen LogP contribution >= 0.6 is 0 Å². The first-order chi connectivity index (χ1) is 7.47. The molecule has 0 fully saturated rings. The summed E-state index contributed by atoms with van der Waals surface area (Å²) in [6.45, 7) is 5.34. The Labute approximate surface area is 99.5 Å². The molecule has 1 atom stereocenters. The van der Waals surface area contributed by atoms with Crippen LogP contribution in [0, 0.1) is 13.8 Å². The average molecular weight is 220 g/mol. The fraction of sp³-hybridized carbons (Fsp3) is 0.571. The predicted octanol–water partition coefficient (Wildman–Crippen LogP) is 2.12. The van der Waals surface area contributed by atoms with Crippen molar-refractivity contribution in [1.82, 2.24) is 4.90 Å². The number of aryl methyl sites for hydroxylation is 2. The summed E-state index contributed by atoms with van der Waals surface area (Å²) in [6, 6.07) is 6.95. The number of nitrogens with two attached hydrogens (primary N) is 1. The summed E-state index contributed by atoms with van der Waals surface area (Å²) >= 11 is 0. The van der Waals surface area contributed by atoms with Gasteiger partial charge in [-0.05, 0) is 52.9 Å². The highest BCUT2D eigenvalue weighted by Gasteiger charge is 2.05. The Hall–Kier alpha value is -0.860. The number of hydrogen-bond acceptors (Lipinski definition) is 2. The lowest BCUT2D eigenvalue weighted by Gasteiger charge is -2.15. The van der Waals surface area contributed by atoms with Crippen LogP contribution in [-0.2, 0) is 6.42 Å². The van der Waals surface area contributed by atoms with Crippen LogP contribution in [0.1, 0.15) is 23.1 Å². The summed E-state index contributed by atoms with van der Waals surface area (Å²) in [6.07, 6.45) is 2.04. The van der Waals surface area contributed by atoms with Crippen molar-refractivity contribution in [3.8, 4) is 0 Å². The van der Waals surface area contributed by atoms with Crippen molar-refractivity contribution in [2.75, 3.05) is 20.6 Å². The molecule has 1 aromatic rings. The van der Waals surface area contributed by atoms with Crippen LogP contribution < -0.4 is 5.73 Å². The van der Waals surface area contributed by atoms with Gasteiger partial charge in [-0.1, -0.05) is 29.3 Å². The zero-order chi connectivity index (χ0) is 12.1. The molecule has 0 aliphatic carbocycles. The average Bonchev–Trinajstić information content (AvgIpc) is 2.12. The topological polar surface area (TPSA) is 29.3 Å². The van der Waals surface area contributed by atoms with E-state index in [4.69, 9.17) is 5.73 Å². The quantitative estimate of drug-likeness (QED) is 0.823. The van der Waals surface area contributed by atoms with E-state index >= 15 is 0 Å². The Morgan fingerprint density at radius 3 is 2.19 bits per heavy atom. The summed E-state index contributed by atoms with van der Waals surface area (Å²) in [5, 5.41) is 0. The molecule has 0 heterocycles. The molecule has 16 heavy (non-hydrogen) atoms. The van der Waals surface area contributed by atoms with Crippen LogP contribution in [0.15, 0.2) is 18.2 Å². The molecule has 1 rings (SSSR count). The zero-order valence-electron chi connectivity index (χ0n) is 11.0. The van der Waals surface area contributed by atoms with Gasteiger partial charge in [-0.3, -0.25) is 0 Å². The Balaban J connectivity index is 2.52. The highest BCUT2D eigenvalue weighted by molar-refractivity contribution is 5.29. The summed E-state index contributed by atoms with van der Waals surface area (Å²) in [5.74, 6) is 0. The van der Waals surface area contributed by atoms with Gasteiger partial charge < -0.3 is 10.6 Å². The van der Waals surface area contributed by atoms with Gasteiger partial charge in [-0.15, -0.1) is 0 Å². The fourth-order valence-electron chi connectivity index (χ4n) is 2.02. The van der Waals surface area contributed by atoms with E-state index in [2.05, 4.69) is 51.0 Å². The predicted molar refractivity (Wildman–Crippen MR) is 70.8 cm³/mol. The molecular formula is C14H24N2. The first kappa shape index (κ1) is 13.2. The third kappa shape index (κ3) is 4.77. The van der Waals surface area contributed by atoms with E-state index in [1.54, 1.807) is 0 Å². The maximum absolute atomic E-state index is 6.13. The number of benzene rings is 1. The Kier molecular flexibility index (Phi) is 4.97. The lowest BCUT2D eigenvalue weighted by molar-refractivity contribution is 0.379. The molecule has 1 unspecified atom stereocenters. The third-order valence-electron chi connectivity index (χ3n) is 2.73. The van der Waals surface area contributed by atoms with E-state index in [0.717, 1.165) is 19.4 Å². The molecule has 90 valence electrons. The van der Waals surface area contributed by atoms with Crippen molar-refractivity contribution in [3.05, 3.63) is 34.9 Å².